The number of nitrogens with one attached hydrogen (secondary N) is 2. The fraction of sp³-hybridized carbons (Fsp3) is 0.323. The first-order valence-corrected chi connectivity index (χ1v) is 13.3. The number of benzene rings is 3. The zero-order valence-electron chi connectivity index (χ0n) is 22.1. The number of carboxylic acid groups (broad SMARTS) is 1. The molecule has 0 spiro atoms. The molecule has 2 amide bonds. The van der Waals surface area contributed by atoms with Gasteiger partial charge < -0.3 is 30.0 Å². The number of carboxylic acids is 1. The van der Waals surface area contributed by atoms with Gasteiger partial charge in [0.2, 0.25) is 5.91 Å². The first-order valence-electron chi connectivity index (χ1n) is 13.3. The van der Waals surface area contributed by atoms with Crippen molar-refractivity contribution in [1.29, 1.82) is 0 Å². The summed E-state index contributed by atoms with van der Waals surface area (Å²) < 4.78 is 16.9. The van der Waals surface area contributed by atoms with Crippen molar-refractivity contribution in [3.05, 3.63) is 95.6 Å². The Bertz CT molecular complexity index is 1320. The van der Waals surface area contributed by atoms with Crippen molar-refractivity contribution in [2.24, 2.45) is 0 Å². The average molecular weight is 545 g/mol. The highest BCUT2D eigenvalue weighted by Crippen LogP contribution is 2.44. The van der Waals surface area contributed by atoms with E-state index in [1.165, 1.54) is 0 Å². The molecule has 2 aliphatic rings. The molecule has 0 aromatic heterocycles. The Morgan fingerprint density at radius 2 is 1.57 bits per heavy atom. The predicted octanol–water partition coefficient (Wildman–Crippen LogP) is 3.86. The van der Waals surface area contributed by atoms with Crippen molar-refractivity contribution >= 4 is 18.0 Å². The molecule has 3 aromatic rings. The van der Waals surface area contributed by atoms with Crippen LogP contribution in [0.3, 0.4) is 0 Å². The second-order valence-electron chi connectivity index (χ2n) is 9.98. The highest BCUT2D eigenvalue weighted by atomic mass is 16.6. The molecule has 0 bridgehead atoms. The third-order valence-corrected chi connectivity index (χ3v) is 7.39. The monoisotopic (exact) mass is 544 g/mol. The van der Waals surface area contributed by atoms with Crippen LogP contribution in [-0.4, -0.2) is 60.6 Å². The van der Waals surface area contributed by atoms with Gasteiger partial charge in [-0.25, -0.2) is 9.59 Å². The van der Waals surface area contributed by atoms with E-state index in [0.29, 0.717) is 6.42 Å². The zero-order valence-corrected chi connectivity index (χ0v) is 22.1. The number of carbonyl (C=O) groups is 3. The van der Waals surface area contributed by atoms with Crippen LogP contribution in [0.15, 0.2) is 78.9 Å². The third kappa shape index (κ3) is 6.00. The van der Waals surface area contributed by atoms with E-state index in [0.717, 1.165) is 27.8 Å². The SMILES string of the molecule is C[C@H](OCc1ccccc1)[C@@H](NC(=O)OCC1c2ccccc2-c2ccccc21)C(=O)NC1CCOC1C(=O)O. The van der Waals surface area contributed by atoms with Crippen LogP contribution in [0.4, 0.5) is 4.79 Å². The maximum Gasteiger partial charge on any atom is 0.407 e. The summed E-state index contributed by atoms with van der Waals surface area (Å²) in [6.07, 6.45) is -2.32. The van der Waals surface area contributed by atoms with Gasteiger partial charge in [-0.1, -0.05) is 78.9 Å². The summed E-state index contributed by atoms with van der Waals surface area (Å²) in [6, 6.07) is 23.6. The van der Waals surface area contributed by atoms with Gasteiger partial charge >= 0.3 is 12.1 Å². The molecule has 9 heteroatoms. The Hall–Kier alpha value is -4.21. The smallest absolute Gasteiger partial charge is 0.407 e. The lowest BCUT2D eigenvalue weighted by Crippen LogP contribution is -2.56. The number of amides is 2. The van der Waals surface area contributed by atoms with Gasteiger partial charge in [0.25, 0.3) is 0 Å². The number of fused-ring (bicyclic) bond motifs is 3. The molecule has 208 valence electrons. The summed E-state index contributed by atoms with van der Waals surface area (Å²) in [5.74, 6) is -1.86. The molecule has 1 aliphatic heterocycles. The quantitative estimate of drug-likeness (QED) is 0.354. The second-order valence-corrected chi connectivity index (χ2v) is 9.98. The van der Waals surface area contributed by atoms with Gasteiger partial charge in [0.1, 0.15) is 12.6 Å². The molecule has 1 aliphatic carbocycles. The average Bonchev–Trinajstić information content (AvgIpc) is 3.56. The van der Waals surface area contributed by atoms with E-state index >= 15 is 0 Å². The lowest BCUT2D eigenvalue weighted by Gasteiger charge is -2.27. The Morgan fingerprint density at radius 3 is 2.23 bits per heavy atom. The predicted molar refractivity (Wildman–Crippen MR) is 147 cm³/mol. The summed E-state index contributed by atoms with van der Waals surface area (Å²) in [5.41, 5.74) is 5.28. The Labute approximate surface area is 232 Å². The summed E-state index contributed by atoms with van der Waals surface area (Å²) in [4.78, 5) is 37.9. The molecule has 0 radical (unpaired) electrons. The van der Waals surface area contributed by atoms with E-state index < -0.39 is 42.3 Å². The summed E-state index contributed by atoms with van der Waals surface area (Å²) in [5, 5.41) is 14.8. The Kier molecular flexibility index (Phi) is 8.42. The number of hydrogen-bond donors (Lipinski definition) is 3. The first-order chi connectivity index (χ1) is 19.4. The number of ether oxygens (including phenoxy) is 3. The minimum Gasteiger partial charge on any atom is -0.479 e. The van der Waals surface area contributed by atoms with E-state index in [1.807, 2.05) is 66.7 Å². The molecule has 2 unspecified atom stereocenters. The maximum atomic E-state index is 13.3. The first kappa shape index (κ1) is 27.4. The van der Waals surface area contributed by atoms with Crippen LogP contribution in [0, 0.1) is 0 Å². The van der Waals surface area contributed by atoms with Crippen LogP contribution >= 0.6 is 0 Å². The van der Waals surface area contributed by atoms with Crippen molar-refractivity contribution in [3.8, 4) is 11.1 Å². The molecule has 1 saturated heterocycles. The molecular formula is C31H32N2O7. The van der Waals surface area contributed by atoms with E-state index in [1.54, 1.807) is 6.92 Å². The van der Waals surface area contributed by atoms with E-state index in [-0.39, 0.29) is 25.7 Å². The lowest BCUT2D eigenvalue weighted by molar-refractivity contribution is -0.148. The molecule has 3 aromatic carbocycles. The molecule has 1 heterocycles. The van der Waals surface area contributed by atoms with Gasteiger partial charge in [0.15, 0.2) is 6.10 Å². The van der Waals surface area contributed by atoms with Crippen LogP contribution in [0.25, 0.3) is 11.1 Å². The van der Waals surface area contributed by atoms with Crippen molar-refractivity contribution in [2.45, 2.75) is 50.2 Å². The number of carbonyl (C=O) groups excluding carboxylic acids is 2. The van der Waals surface area contributed by atoms with Crippen LogP contribution in [0.1, 0.15) is 36.0 Å². The Morgan fingerprint density at radius 1 is 0.950 bits per heavy atom. The molecule has 3 N–H and O–H groups in total. The second kappa shape index (κ2) is 12.3. The summed E-state index contributed by atoms with van der Waals surface area (Å²) >= 11 is 0. The summed E-state index contributed by atoms with van der Waals surface area (Å²) in [6.45, 7) is 2.21. The third-order valence-electron chi connectivity index (χ3n) is 7.39. The van der Waals surface area contributed by atoms with Crippen LogP contribution < -0.4 is 10.6 Å². The molecule has 0 saturated carbocycles. The highest BCUT2D eigenvalue weighted by Gasteiger charge is 2.38. The fourth-order valence-electron chi connectivity index (χ4n) is 5.31. The number of hydrogen-bond acceptors (Lipinski definition) is 6. The zero-order chi connectivity index (χ0) is 28.1. The molecular weight excluding hydrogens is 512 g/mol. The van der Waals surface area contributed by atoms with Crippen LogP contribution in [0.5, 0.6) is 0 Å². The highest BCUT2D eigenvalue weighted by molar-refractivity contribution is 5.87. The lowest BCUT2D eigenvalue weighted by atomic mass is 9.98. The van der Waals surface area contributed by atoms with Gasteiger partial charge in [0, 0.05) is 12.5 Å². The summed E-state index contributed by atoms with van der Waals surface area (Å²) in [7, 11) is 0. The topological polar surface area (TPSA) is 123 Å². The van der Waals surface area contributed by atoms with E-state index in [2.05, 4.69) is 22.8 Å². The van der Waals surface area contributed by atoms with Gasteiger partial charge in [-0.3, -0.25) is 4.79 Å². The van der Waals surface area contributed by atoms with E-state index in [4.69, 9.17) is 14.2 Å². The largest absolute Gasteiger partial charge is 0.479 e. The van der Waals surface area contributed by atoms with Crippen molar-refractivity contribution in [2.75, 3.05) is 13.2 Å². The van der Waals surface area contributed by atoms with Crippen molar-refractivity contribution in [3.63, 3.8) is 0 Å². The van der Waals surface area contributed by atoms with Gasteiger partial charge in [-0.05, 0) is 41.2 Å². The van der Waals surface area contributed by atoms with Gasteiger partial charge in [-0.2, -0.15) is 0 Å². The van der Waals surface area contributed by atoms with Crippen LogP contribution in [0.2, 0.25) is 0 Å². The fourth-order valence-corrected chi connectivity index (χ4v) is 5.31. The number of aliphatic carboxylic acids is 1. The molecule has 40 heavy (non-hydrogen) atoms. The molecule has 1 fully saturated rings. The van der Waals surface area contributed by atoms with Crippen molar-refractivity contribution in [1.82, 2.24) is 10.6 Å². The molecule has 4 atom stereocenters. The standard InChI is InChI=1S/C31H32N2O7/c1-19(39-17-20-9-3-2-4-10-20)27(29(34)32-26-15-16-38-28(26)30(35)36)33-31(37)40-18-25-23-13-7-5-11-21(23)22-12-6-8-14-24(22)25/h2-14,19,25-28H,15-18H2,1H3,(H,32,34)(H,33,37)(H,35,36)/t19-,26?,27+,28?/m0/s1. The number of alkyl carbamates (subject to hydrolysis) is 1. The maximum absolute atomic E-state index is 13.3. The molecule has 5 rings (SSSR count). The van der Waals surface area contributed by atoms with Gasteiger partial charge in [0.05, 0.1) is 18.8 Å². The minimum absolute atomic E-state index is 0.0883. The minimum atomic E-state index is -1.16. The van der Waals surface area contributed by atoms with Crippen molar-refractivity contribution < 1.29 is 33.7 Å². The van der Waals surface area contributed by atoms with Gasteiger partial charge in [-0.15, -0.1) is 0 Å². The normalized spacial score (nSPS) is 19.2. The van der Waals surface area contributed by atoms with Crippen LogP contribution in [-0.2, 0) is 30.4 Å². The number of rotatable bonds is 10. The Balaban J connectivity index is 1.27. The molecule has 9 nitrogen and oxygen atoms in total. The van der Waals surface area contributed by atoms with E-state index in [9.17, 15) is 19.5 Å².